The van der Waals surface area contributed by atoms with Crippen LogP contribution in [-0.2, 0) is 41.5 Å². The van der Waals surface area contributed by atoms with E-state index in [1.54, 1.807) is 91.0 Å². The molecule has 7 rings (SSSR count). The number of sulfonamides is 2. The summed E-state index contributed by atoms with van der Waals surface area (Å²) < 4.78 is 68.7. The van der Waals surface area contributed by atoms with E-state index in [0.717, 1.165) is 68.0 Å². The molecular formula is C39H48N6O6S2. The van der Waals surface area contributed by atoms with E-state index in [1.807, 2.05) is 6.07 Å². The minimum absolute atomic E-state index is 0.138. The van der Waals surface area contributed by atoms with Crippen molar-refractivity contribution in [3.8, 4) is 0 Å². The number of rotatable bonds is 11. The van der Waals surface area contributed by atoms with Crippen LogP contribution in [0.15, 0.2) is 107 Å². The molecule has 2 aliphatic heterocycles. The van der Waals surface area contributed by atoms with E-state index in [2.05, 4.69) is 40.1 Å². The zero-order valence-corrected chi connectivity index (χ0v) is 31.9. The molecule has 12 nitrogen and oxygen atoms in total. The van der Waals surface area contributed by atoms with Gasteiger partial charge in [-0.1, -0.05) is 57.2 Å². The minimum Gasteiger partial charge on any atom is -0.397 e. The van der Waals surface area contributed by atoms with Gasteiger partial charge < -0.3 is 25.1 Å². The summed E-state index contributed by atoms with van der Waals surface area (Å²) in [5, 5.41) is 3.25. The molecule has 0 radical (unpaired) electrons. The van der Waals surface area contributed by atoms with E-state index < -0.39 is 20.0 Å². The third-order valence-electron chi connectivity index (χ3n) is 9.04. The van der Waals surface area contributed by atoms with Crippen molar-refractivity contribution in [2.45, 2.75) is 80.4 Å². The number of nitrogens with one attached hydrogen (secondary N) is 3. The van der Waals surface area contributed by atoms with Crippen LogP contribution in [0.2, 0.25) is 0 Å². The van der Waals surface area contributed by atoms with Gasteiger partial charge in [-0.3, -0.25) is 9.44 Å². The maximum Gasteiger partial charge on any atom is 0.261 e. The average molecular weight is 761 g/mol. The fourth-order valence-electron chi connectivity index (χ4n) is 6.39. The maximum absolute atomic E-state index is 12.6. The van der Waals surface area contributed by atoms with Gasteiger partial charge in [0.05, 0.1) is 62.3 Å². The van der Waals surface area contributed by atoms with Crippen LogP contribution in [0.5, 0.6) is 0 Å². The number of ether oxygens (including phenoxy) is 2. The Morgan fingerprint density at radius 3 is 1.83 bits per heavy atom. The topological polar surface area (TPSA) is 167 Å². The first-order chi connectivity index (χ1) is 25.3. The summed E-state index contributed by atoms with van der Waals surface area (Å²) in [5.41, 5.74) is 9.85. The molecular weight excluding hydrogens is 713 g/mol. The van der Waals surface area contributed by atoms with E-state index in [9.17, 15) is 16.8 Å². The molecule has 5 aromatic rings. The van der Waals surface area contributed by atoms with Gasteiger partial charge in [0, 0.05) is 25.2 Å². The highest BCUT2D eigenvalue weighted by molar-refractivity contribution is 7.93. The summed E-state index contributed by atoms with van der Waals surface area (Å²) >= 11 is 0. The molecule has 2 aliphatic rings. The molecule has 2 saturated heterocycles. The Morgan fingerprint density at radius 1 is 0.755 bits per heavy atom. The second kappa shape index (κ2) is 16.2. The van der Waals surface area contributed by atoms with E-state index in [4.69, 9.17) is 20.2 Å². The smallest absolute Gasteiger partial charge is 0.261 e. The molecule has 282 valence electrons. The molecule has 0 spiro atoms. The Bertz CT molecular complexity index is 2210. The highest BCUT2D eigenvalue weighted by Crippen LogP contribution is 2.31. The van der Waals surface area contributed by atoms with E-state index in [1.165, 1.54) is 0 Å². The fraction of sp³-hybridized carbons (Fsp3) is 0.359. The number of hydrogen-bond donors (Lipinski definition) is 4. The summed E-state index contributed by atoms with van der Waals surface area (Å²) in [6, 6.07) is 27.2. The largest absolute Gasteiger partial charge is 0.397 e. The van der Waals surface area contributed by atoms with Gasteiger partial charge in [-0.25, -0.2) is 21.8 Å². The predicted octanol–water partition coefficient (Wildman–Crippen LogP) is 6.97. The molecule has 1 aromatic heterocycles. The fourth-order valence-corrected chi connectivity index (χ4v) is 8.53. The molecule has 0 bridgehead atoms. The quantitative estimate of drug-likeness (QED) is 0.104. The van der Waals surface area contributed by atoms with Crippen LogP contribution < -0.4 is 20.5 Å². The lowest BCUT2D eigenvalue weighted by atomic mass is 9.95. The van der Waals surface area contributed by atoms with Gasteiger partial charge >= 0.3 is 0 Å². The number of benzene rings is 4. The van der Waals surface area contributed by atoms with Crippen LogP contribution in [0.25, 0.3) is 11.0 Å². The van der Waals surface area contributed by atoms with Gasteiger partial charge in [-0.15, -0.1) is 0 Å². The summed E-state index contributed by atoms with van der Waals surface area (Å²) in [7, 11) is -7.25. The number of anilines is 4. The van der Waals surface area contributed by atoms with Crippen molar-refractivity contribution in [2.75, 3.05) is 40.3 Å². The van der Waals surface area contributed by atoms with Crippen molar-refractivity contribution in [1.29, 1.82) is 0 Å². The van der Waals surface area contributed by atoms with Crippen molar-refractivity contribution in [1.82, 2.24) is 9.55 Å². The summed E-state index contributed by atoms with van der Waals surface area (Å²) in [6.45, 7) is 9.49. The van der Waals surface area contributed by atoms with Gasteiger partial charge in [-0.05, 0) is 86.3 Å². The molecule has 53 heavy (non-hydrogen) atoms. The normalized spacial score (nSPS) is 17.6. The number of hydrogen-bond acceptors (Lipinski definition) is 9. The Labute approximate surface area is 312 Å². The zero-order valence-electron chi connectivity index (χ0n) is 30.3. The first-order valence-electron chi connectivity index (χ1n) is 17.8. The molecule has 0 aliphatic carbocycles. The average Bonchev–Trinajstić information content (AvgIpc) is 3.91. The van der Waals surface area contributed by atoms with Gasteiger partial charge in [0.15, 0.2) is 0 Å². The number of aromatic nitrogens is 2. The second-order valence-electron chi connectivity index (χ2n) is 14.3. The van der Waals surface area contributed by atoms with Crippen LogP contribution in [0.1, 0.15) is 52.3 Å². The monoisotopic (exact) mass is 760 g/mol. The molecule has 0 amide bonds. The van der Waals surface area contributed by atoms with Gasteiger partial charge in [-0.2, -0.15) is 0 Å². The molecule has 2 atom stereocenters. The predicted molar refractivity (Wildman–Crippen MR) is 210 cm³/mol. The Balaban J connectivity index is 0.000000185. The van der Waals surface area contributed by atoms with Gasteiger partial charge in [0.2, 0.25) is 0 Å². The van der Waals surface area contributed by atoms with Crippen molar-refractivity contribution in [2.24, 2.45) is 0 Å². The Kier molecular flexibility index (Phi) is 11.6. The molecule has 2 fully saturated rings. The molecule has 14 heteroatoms. The van der Waals surface area contributed by atoms with Crippen LogP contribution in [0.3, 0.4) is 0 Å². The number of fused-ring (bicyclic) bond motifs is 1. The van der Waals surface area contributed by atoms with Crippen LogP contribution >= 0.6 is 0 Å². The first kappa shape index (κ1) is 38.1. The number of nitrogen functional groups attached to an aromatic ring is 1. The van der Waals surface area contributed by atoms with E-state index >= 15 is 0 Å². The highest BCUT2D eigenvalue weighted by atomic mass is 32.2. The minimum atomic E-state index is -3.64. The maximum atomic E-state index is 12.6. The van der Waals surface area contributed by atoms with Crippen molar-refractivity contribution in [3.05, 3.63) is 103 Å². The van der Waals surface area contributed by atoms with E-state index in [0.29, 0.717) is 23.6 Å². The summed E-state index contributed by atoms with van der Waals surface area (Å²) in [6.07, 6.45) is 4.68. The van der Waals surface area contributed by atoms with Crippen LogP contribution in [-0.4, -0.2) is 58.4 Å². The molecule has 0 saturated carbocycles. The van der Waals surface area contributed by atoms with Crippen molar-refractivity contribution < 1.29 is 26.3 Å². The lowest BCUT2D eigenvalue weighted by molar-refractivity contribution is 0.0965. The summed E-state index contributed by atoms with van der Waals surface area (Å²) in [4.78, 5) is 5.31. The highest BCUT2D eigenvalue weighted by Gasteiger charge is 2.26. The summed E-state index contributed by atoms with van der Waals surface area (Å²) in [5.74, 6) is 0.978. The van der Waals surface area contributed by atoms with Crippen LogP contribution in [0.4, 0.5) is 22.7 Å². The molecule has 5 N–H and O–H groups in total. The Hall–Kier alpha value is -4.63. The Morgan fingerprint density at radius 2 is 1.30 bits per heavy atom. The van der Waals surface area contributed by atoms with Crippen LogP contribution in [0, 0.1) is 0 Å². The lowest BCUT2D eigenvalue weighted by Crippen LogP contribution is -2.23. The number of imidazole rings is 1. The third kappa shape index (κ3) is 9.68. The second-order valence-corrected chi connectivity index (χ2v) is 17.7. The molecule has 3 heterocycles. The number of nitrogens with two attached hydrogens (primary N) is 1. The molecule has 2 unspecified atom stereocenters. The van der Waals surface area contributed by atoms with Crippen molar-refractivity contribution >= 4 is 53.8 Å². The molecule has 4 aromatic carbocycles. The van der Waals surface area contributed by atoms with Crippen molar-refractivity contribution in [3.63, 3.8) is 0 Å². The lowest BCUT2D eigenvalue weighted by Gasteiger charge is -2.22. The first-order valence-corrected chi connectivity index (χ1v) is 20.8. The van der Waals surface area contributed by atoms with Gasteiger partial charge in [0.1, 0.15) is 5.82 Å². The third-order valence-corrected chi connectivity index (χ3v) is 11.8. The zero-order chi connectivity index (χ0) is 37.6. The van der Waals surface area contributed by atoms with Gasteiger partial charge in [0.25, 0.3) is 20.0 Å². The van der Waals surface area contributed by atoms with E-state index in [-0.39, 0.29) is 27.4 Å². The SMILES string of the molecule is CC(C)(C)c1nc2cc(NS(=O)(=O)c3ccccc3)ccc2n1CC1CCCO1.Nc1cc(NS(=O)(=O)c2ccccc2)ccc1NCC1CCCO1. The standard InChI is InChI=1S/C22H27N3O3S.C17H21N3O3S/c1-22(2,3)21-23-19-14-16(24-29(26,27)18-9-5-4-6-10-18)11-12-20(19)25(21)15-17-8-7-13-28-17;18-16-11-13(20-24(21,22)15-6-2-1-3-7-15)8-9-17(16)19-12-14-5-4-10-23-14/h4-6,9-12,14,17,24H,7-8,13,15H2,1-3H3;1-3,6-9,11,14,19-20H,4-5,10,12,18H2. The number of nitrogens with zero attached hydrogens (tertiary/aromatic N) is 2.